The van der Waals surface area contributed by atoms with Crippen molar-refractivity contribution in [3.63, 3.8) is 0 Å². The number of nitrogens with zero attached hydrogens (tertiary/aromatic N) is 1. The third-order valence-corrected chi connectivity index (χ3v) is 3.89. The van der Waals surface area contributed by atoms with Gasteiger partial charge in [-0.05, 0) is 52.7 Å². The number of guanidine groups is 1. The van der Waals surface area contributed by atoms with Gasteiger partial charge in [0.05, 0.1) is 0 Å². The lowest BCUT2D eigenvalue weighted by molar-refractivity contribution is -0.156. The topological polar surface area (TPSA) is 108 Å². The summed E-state index contributed by atoms with van der Waals surface area (Å²) in [5, 5.41) is -1.92. The number of aryl methyl sites for hydroxylation is 3. The molecule has 0 aliphatic heterocycles. The minimum Gasteiger partial charge on any atom is -0.458 e. The monoisotopic (exact) mass is 351 g/mol. The van der Waals surface area contributed by atoms with E-state index in [9.17, 15) is 9.59 Å². The largest absolute Gasteiger partial charge is 0.458 e. The number of rotatable bonds is 4. The number of aliphatic imine (C=N–C) groups is 1. The van der Waals surface area contributed by atoms with Crippen molar-refractivity contribution >= 4 is 27.0 Å². The van der Waals surface area contributed by atoms with Gasteiger partial charge in [0.25, 0.3) is 0 Å². The van der Waals surface area contributed by atoms with Crippen LogP contribution >= 0.6 is 9.24 Å². The first-order valence-electron chi connectivity index (χ1n) is 7.53. The molecule has 1 rings (SSSR count). The summed E-state index contributed by atoms with van der Waals surface area (Å²) in [6.45, 7) is 10.7. The standard InChI is InChI=1S/C17H26N3O3P/c1-9-7-10(2)12(11(3)8-9)13(21)17(24,20-15(18)19)14(22)23-16(4,5)6/h7-8H,24H2,1-6H3,(H4,18,19,20). The maximum Gasteiger partial charge on any atom is 0.346 e. The molecule has 0 amide bonds. The predicted octanol–water partition coefficient (Wildman–Crippen LogP) is 1.98. The zero-order valence-corrected chi connectivity index (χ0v) is 16.2. The van der Waals surface area contributed by atoms with Gasteiger partial charge in [0.2, 0.25) is 11.1 Å². The lowest BCUT2D eigenvalue weighted by Crippen LogP contribution is -2.46. The van der Waals surface area contributed by atoms with Crippen molar-refractivity contribution in [1.29, 1.82) is 0 Å². The van der Waals surface area contributed by atoms with E-state index in [2.05, 4.69) is 14.2 Å². The van der Waals surface area contributed by atoms with Gasteiger partial charge in [-0.25, -0.2) is 9.79 Å². The summed E-state index contributed by atoms with van der Waals surface area (Å²) in [4.78, 5) is 29.7. The molecule has 2 atom stereocenters. The van der Waals surface area contributed by atoms with Crippen LogP contribution in [0.1, 0.15) is 47.8 Å². The Morgan fingerprint density at radius 3 is 1.92 bits per heavy atom. The third kappa shape index (κ3) is 4.54. The number of ketones is 1. The van der Waals surface area contributed by atoms with Crippen molar-refractivity contribution in [2.45, 2.75) is 52.4 Å². The summed E-state index contributed by atoms with van der Waals surface area (Å²) < 4.78 is 5.35. The van der Waals surface area contributed by atoms with Crippen LogP contribution in [0.5, 0.6) is 0 Å². The van der Waals surface area contributed by atoms with Crippen molar-refractivity contribution in [3.8, 4) is 0 Å². The van der Waals surface area contributed by atoms with Crippen LogP contribution < -0.4 is 11.5 Å². The van der Waals surface area contributed by atoms with E-state index >= 15 is 0 Å². The molecule has 0 aromatic heterocycles. The maximum atomic E-state index is 13.1. The van der Waals surface area contributed by atoms with Crippen LogP contribution in [0.4, 0.5) is 0 Å². The van der Waals surface area contributed by atoms with Crippen LogP contribution in [0, 0.1) is 20.8 Å². The highest BCUT2D eigenvalue weighted by Gasteiger charge is 2.46. The second-order valence-corrected chi connectivity index (χ2v) is 7.74. The molecular weight excluding hydrogens is 325 g/mol. The molecule has 1 aromatic carbocycles. The van der Waals surface area contributed by atoms with Crippen LogP contribution in [0.15, 0.2) is 17.1 Å². The van der Waals surface area contributed by atoms with E-state index in [-0.39, 0.29) is 5.96 Å². The zero-order valence-electron chi connectivity index (χ0n) is 15.1. The minimum atomic E-state index is -1.92. The number of hydrogen-bond acceptors (Lipinski definition) is 4. The predicted molar refractivity (Wildman–Crippen MR) is 99.1 cm³/mol. The molecule has 0 saturated heterocycles. The molecule has 0 bridgehead atoms. The second-order valence-electron chi connectivity index (χ2n) is 6.91. The minimum absolute atomic E-state index is 0.369. The molecule has 6 nitrogen and oxygen atoms in total. The molecule has 0 heterocycles. The summed E-state index contributed by atoms with van der Waals surface area (Å²) in [5.74, 6) is -1.71. The first kappa shape index (κ1) is 20.1. The summed E-state index contributed by atoms with van der Waals surface area (Å²) in [5.41, 5.74) is 13.0. The van der Waals surface area contributed by atoms with Crippen LogP contribution in [0.25, 0.3) is 0 Å². The summed E-state index contributed by atoms with van der Waals surface area (Å²) in [7, 11) is 2.15. The van der Waals surface area contributed by atoms with E-state index in [0.29, 0.717) is 5.56 Å². The number of ether oxygens (including phenoxy) is 1. The molecule has 0 radical (unpaired) electrons. The molecule has 1 aromatic rings. The van der Waals surface area contributed by atoms with Crippen LogP contribution in [0.3, 0.4) is 0 Å². The molecule has 0 saturated carbocycles. The van der Waals surface area contributed by atoms with Crippen molar-refractivity contribution in [3.05, 3.63) is 34.4 Å². The van der Waals surface area contributed by atoms with Gasteiger partial charge in [-0.2, -0.15) is 0 Å². The van der Waals surface area contributed by atoms with Crippen molar-refractivity contribution in [2.75, 3.05) is 0 Å². The number of benzene rings is 1. The summed E-state index contributed by atoms with van der Waals surface area (Å²) in [6, 6.07) is 3.74. The molecule has 0 spiro atoms. The van der Waals surface area contributed by atoms with Gasteiger partial charge in [-0.1, -0.05) is 26.9 Å². The number of Topliss-reactive ketones (excluding diaryl/α,β-unsaturated/α-hetero) is 1. The lowest BCUT2D eigenvalue weighted by atomic mass is 9.93. The number of nitrogens with two attached hydrogens (primary N) is 2. The second kappa shape index (κ2) is 6.89. The van der Waals surface area contributed by atoms with E-state index in [4.69, 9.17) is 16.2 Å². The molecule has 7 heteroatoms. The Balaban J connectivity index is 3.50. The van der Waals surface area contributed by atoms with Crippen LogP contribution in [0.2, 0.25) is 0 Å². The summed E-state index contributed by atoms with van der Waals surface area (Å²) in [6.07, 6.45) is 0. The van der Waals surface area contributed by atoms with E-state index in [1.807, 2.05) is 32.9 Å². The number of esters is 1. The van der Waals surface area contributed by atoms with Crippen LogP contribution in [-0.4, -0.2) is 28.6 Å². The highest BCUT2D eigenvalue weighted by molar-refractivity contribution is 7.23. The normalized spacial score (nSPS) is 13.8. The fourth-order valence-corrected chi connectivity index (χ4v) is 2.83. The smallest absolute Gasteiger partial charge is 0.346 e. The Hall–Kier alpha value is -1.94. The van der Waals surface area contributed by atoms with Crippen molar-refractivity contribution in [2.24, 2.45) is 16.5 Å². The maximum absolute atomic E-state index is 13.1. The van der Waals surface area contributed by atoms with E-state index in [1.165, 1.54) is 0 Å². The van der Waals surface area contributed by atoms with Gasteiger partial charge in [0.15, 0.2) is 5.96 Å². The summed E-state index contributed by atoms with van der Waals surface area (Å²) >= 11 is 0. The Morgan fingerprint density at radius 2 is 1.54 bits per heavy atom. The molecule has 132 valence electrons. The van der Waals surface area contributed by atoms with Crippen molar-refractivity contribution < 1.29 is 14.3 Å². The fraction of sp³-hybridized carbons (Fsp3) is 0.471. The lowest BCUT2D eigenvalue weighted by Gasteiger charge is -2.28. The van der Waals surface area contributed by atoms with Gasteiger partial charge in [0, 0.05) is 5.56 Å². The van der Waals surface area contributed by atoms with E-state index < -0.39 is 22.6 Å². The Labute approximate surface area is 145 Å². The van der Waals surface area contributed by atoms with Gasteiger partial charge in [0.1, 0.15) is 5.60 Å². The first-order chi connectivity index (χ1) is 10.8. The molecule has 0 aliphatic carbocycles. The molecular formula is C17H26N3O3P. The average molecular weight is 351 g/mol. The van der Waals surface area contributed by atoms with Gasteiger partial charge >= 0.3 is 5.97 Å². The van der Waals surface area contributed by atoms with Gasteiger partial charge in [-0.3, -0.25) is 4.79 Å². The van der Waals surface area contributed by atoms with E-state index in [1.54, 1.807) is 20.8 Å². The quantitative estimate of drug-likeness (QED) is 0.215. The molecule has 2 unspecified atom stereocenters. The van der Waals surface area contributed by atoms with Gasteiger partial charge < -0.3 is 16.2 Å². The molecule has 4 N–H and O–H groups in total. The Bertz CT molecular complexity index is 681. The van der Waals surface area contributed by atoms with Crippen molar-refractivity contribution in [1.82, 2.24) is 0 Å². The fourth-order valence-electron chi connectivity index (χ4n) is 2.48. The Kier molecular flexibility index (Phi) is 5.78. The zero-order chi connectivity index (χ0) is 18.9. The molecule has 24 heavy (non-hydrogen) atoms. The molecule has 0 aliphatic rings. The third-order valence-electron chi connectivity index (χ3n) is 3.27. The van der Waals surface area contributed by atoms with E-state index in [0.717, 1.165) is 16.7 Å². The number of carbonyl (C=O) groups is 2. The number of carbonyl (C=O) groups excluding carboxylic acids is 2. The van der Waals surface area contributed by atoms with Crippen LogP contribution in [-0.2, 0) is 9.53 Å². The average Bonchev–Trinajstić information content (AvgIpc) is 2.33. The highest BCUT2D eigenvalue weighted by atomic mass is 31.0. The SMILES string of the molecule is Cc1cc(C)c(C(=O)C(P)(N=C(N)N)C(=O)OC(C)(C)C)c(C)c1. The first-order valence-corrected chi connectivity index (χ1v) is 8.11. The molecule has 0 fully saturated rings. The Morgan fingerprint density at radius 1 is 1.08 bits per heavy atom. The highest BCUT2D eigenvalue weighted by Crippen LogP contribution is 2.32. The van der Waals surface area contributed by atoms with Gasteiger partial charge in [-0.15, -0.1) is 0 Å². The number of hydrogen-bond donors (Lipinski definition) is 2.